The SMILES string of the molecule is BrNc1ccccc1I.Nc1ccc(Br)cc1C#CC1CCCCC1. The average Bonchev–Trinajstić information content (AvgIpc) is 2.64. The molecule has 2 aromatic rings. The van der Waals surface area contributed by atoms with E-state index >= 15 is 0 Å². The molecule has 1 aliphatic rings. The minimum absolute atomic E-state index is 0.576. The van der Waals surface area contributed by atoms with Crippen molar-refractivity contribution < 1.29 is 0 Å². The zero-order chi connectivity index (χ0) is 18.1. The summed E-state index contributed by atoms with van der Waals surface area (Å²) in [6.07, 6.45) is 6.53. The zero-order valence-electron chi connectivity index (χ0n) is 13.9. The van der Waals surface area contributed by atoms with Crippen LogP contribution in [0.5, 0.6) is 0 Å². The second-order valence-electron chi connectivity index (χ2n) is 5.91. The summed E-state index contributed by atoms with van der Waals surface area (Å²) in [6.45, 7) is 0. The van der Waals surface area contributed by atoms with E-state index in [1.54, 1.807) is 0 Å². The predicted molar refractivity (Wildman–Crippen MR) is 124 cm³/mol. The van der Waals surface area contributed by atoms with Gasteiger partial charge in [0.05, 0.1) is 5.69 Å². The van der Waals surface area contributed by atoms with Crippen LogP contribution in [0.3, 0.4) is 0 Å². The highest BCUT2D eigenvalue weighted by Crippen LogP contribution is 2.23. The van der Waals surface area contributed by atoms with Crippen LogP contribution in [0.4, 0.5) is 11.4 Å². The monoisotopic (exact) mass is 574 g/mol. The van der Waals surface area contributed by atoms with Gasteiger partial charge in [-0.2, -0.15) is 0 Å². The number of hydrogen-bond acceptors (Lipinski definition) is 2. The van der Waals surface area contributed by atoms with Crippen molar-refractivity contribution in [3.05, 3.63) is 56.1 Å². The Morgan fingerprint density at radius 2 is 1.80 bits per heavy atom. The van der Waals surface area contributed by atoms with Crippen LogP contribution in [0.25, 0.3) is 0 Å². The first kappa shape index (κ1) is 20.6. The van der Waals surface area contributed by atoms with Crippen LogP contribution in [-0.2, 0) is 0 Å². The van der Waals surface area contributed by atoms with Gasteiger partial charge in [-0.3, -0.25) is 0 Å². The molecule has 0 atom stereocenters. The summed E-state index contributed by atoms with van der Waals surface area (Å²) in [5.74, 6) is 7.15. The Balaban J connectivity index is 0.000000212. The number of hydrogen-bond donors (Lipinski definition) is 2. The number of nitrogens with two attached hydrogens (primary N) is 1. The molecule has 5 heteroatoms. The summed E-state index contributed by atoms with van der Waals surface area (Å²) in [5, 5.41) is 0. The number of rotatable bonds is 1. The quantitative estimate of drug-likeness (QED) is 0.167. The van der Waals surface area contributed by atoms with Crippen molar-refractivity contribution in [2.45, 2.75) is 32.1 Å². The highest BCUT2D eigenvalue weighted by atomic mass is 127. The van der Waals surface area contributed by atoms with Gasteiger partial charge < -0.3 is 10.1 Å². The standard InChI is InChI=1S/C14H16BrN.C6H5BrIN/c15-13-8-9-14(16)12(10-13)7-6-11-4-2-1-3-5-11;7-9-6-4-2-1-3-5(6)8/h8-11H,1-5,16H2;1-4,9H. The number of halogens is 3. The lowest BCUT2D eigenvalue weighted by Gasteiger charge is -2.15. The third-order valence-electron chi connectivity index (χ3n) is 4.01. The fraction of sp³-hybridized carbons (Fsp3) is 0.300. The third-order valence-corrected chi connectivity index (χ3v) is 5.87. The molecule has 1 aliphatic carbocycles. The molecule has 0 bridgehead atoms. The molecule has 0 aliphatic heterocycles. The molecule has 0 heterocycles. The van der Waals surface area contributed by atoms with Crippen molar-refractivity contribution in [3.63, 3.8) is 0 Å². The molecule has 0 spiro atoms. The molecule has 0 radical (unpaired) electrons. The van der Waals surface area contributed by atoms with Gasteiger partial charge >= 0.3 is 0 Å². The Kier molecular flexibility index (Phi) is 9.14. The summed E-state index contributed by atoms with van der Waals surface area (Å²) in [4.78, 5) is 0. The summed E-state index contributed by atoms with van der Waals surface area (Å²) in [7, 11) is 0. The lowest BCUT2D eigenvalue weighted by molar-refractivity contribution is 0.430. The molecule has 1 saturated carbocycles. The molecule has 0 aromatic heterocycles. The highest BCUT2D eigenvalue weighted by Gasteiger charge is 2.10. The molecule has 3 N–H and O–H groups in total. The van der Waals surface area contributed by atoms with Gasteiger partial charge in [-0.1, -0.05) is 59.2 Å². The Hall–Kier alpha value is -0.710. The van der Waals surface area contributed by atoms with Crippen molar-refractivity contribution in [1.29, 1.82) is 0 Å². The van der Waals surface area contributed by atoms with Crippen LogP contribution in [0.2, 0.25) is 0 Å². The Morgan fingerprint density at radius 3 is 2.44 bits per heavy atom. The topological polar surface area (TPSA) is 38.0 Å². The van der Waals surface area contributed by atoms with Crippen molar-refractivity contribution >= 4 is 66.0 Å². The van der Waals surface area contributed by atoms with Crippen LogP contribution in [0.15, 0.2) is 46.9 Å². The van der Waals surface area contributed by atoms with Gasteiger partial charge in [0.1, 0.15) is 0 Å². The van der Waals surface area contributed by atoms with Crippen molar-refractivity contribution in [1.82, 2.24) is 0 Å². The summed E-state index contributed by atoms with van der Waals surface area (Å²) in [6, 6.07) is 13.9. The van der Waals surface area contributed by atoms with E-state index < -0.39 is 0 Å². The summed E-state index contributed by atoms with van der Waals surface area (Å²) >= 11 is 8.86. The van der Waals surface area contributed by atoms with Crippen molar-refractivity contribution in [2.75, 3.05) is 10.1 Å². The molecule has 1 fully saturated rings. The maximum atomic E-state index is 5.88. The average molecular weight is 576 g/mol. The van der Waals surface area contributed by atoms with E-state index in [-0.39, 0.29) is 0 Å². The normalized spacial score (nSPS) is 13.9. The van der Waals surface area contributed by atoms with E-state index in [1.807, 2.05) is 42.5 Å². The minimum atomic E-state index is 0.576. The Morgan fingerprint density at radius 1 is 1.08 bits per heavy atom. The van der Waals surface area contributed by atoms with Crippen LogP contribution in [0, 0.1) is 21.3 Å². The van der Waals surface area contributed by atoms with Crippen LogP contribution in [-0.4, -0.2) is 0 Å². The zero-order valence-corrected chi connectivity index (χ0v) is 19.2. The number of nitrogens with one attached hydrogen (secondary N) is 1. The molecular formula is C20H21Br2IN2. The van der Waals surface area contributed by atoms with E-state index in [0.717, 1.165) is 21.4 Å². The molecule has 0 saturated heterocycles. The van der Waals surface area contributed by atoms with E-state index in [0.29, 0.717) is 5.92 Å². The molecule has 0 unspecified atom stereocenters. The smallest absolute Gasteiger partial charge is 0.0575 e. The molecule has 2 nitrogen and oxygen atoms in total. The first-order valence-corrected chi connectivity index (χ1v) is 10.9. The van der Waals surface area contributed by atoms with E-state index in [1.165, 1.54) is 35.7 Å². The lowest BCUT2D eigenvalue weighted by Crippen LogP contribution is -2.03. The maximum absolute atomic E-state index is 5.88. The van der Waals surface area contributed by atoms with Gasteiger partial charge in [-0.15, -0.1) is 0 Å². The second kappa shape index (κ2) is 11.1. The highest BCUT2D eigenvalue weighted by molar-refractivity contribution is 14.1. The van der Waals surface area contributed by atoms with Crippen LogP contribution < -0.4 is 10.1 Å². The minimum Gasteiger partial charge on any atom is -0.398 e. The van der Waals surface area contributed by atoms with Gasteiger partial charge in [-0.05, 0) is 65.8 Å². The number of nitrogen functional groups attached to an aromatic ring is 1. The first-order chi connectivity index (χ1) is 12.1. The van der Waals surface area contributed by atoms with E-state index in [2.05, 4.69) is 70.9 Å². The van der Waals surface area contributed by atoms with E-state index in [9.17, 15) is 0 Å². The second-order valence-corrected chi connectivity index (χ2v) is 8.38. The fourth-order valence-corrected chi connectivity index (χ4v) is 4.20. The molecule has 0 amide bonds. The molecule has 2 aromatic carbocycles. The molecule has 25 heavy (non-hydrogen) atoms. The van der Waals surface area contributed by atoms with Crippen LogP contribution >= 0.6 is 54.7 Å². The predicted octanol–water partition coefficient (Wildman–Crippen LogP) is 6.98. The largest absolute Gasteiger partial charge is 0.398 e. The Labute approximate surface area is 181 Å². The van der Waals surface area contributed by atoms with Gasteiger partial charge in [0.15, 0.2) is 0 Å². The van der Waals surface area contributed by atoms with Gasteiger partial charge in [0, 0.05) is 41.4 Å². The van der Waals surface area contributed by atoms with Gasteiger partial charge in [0.2, 0.25) is 0 Å². The fourth-order valence-electron chi connectivity index (χ4n) is 2.60. The van der Waals surface area contributed by atoms with Gasteiger partial charge in [-0.25, -0.2) is 0 Å². The van der Waals surface area contributed by atoms with Crippen LogP contribution in [0.1, 0.15) is 37.7 Å². The summed E-state index contributed by atoms with van der Waals surface area (Å²) in [5.41, 5.74) is 8.71. The number of para-hydroxylation sites is 1. The summed E-state index contributed by atoms with van der Waals surface area (Å²) < 4.78 is 5.15. The lowest BCUT2D eigenvalue weighted by atomic mass is 9.89. The number of anilines is 2. The van der Waals surface area contributed by atoms with Gasteiger partial charge in [0.25, 0.3) is 0 Å². The first-order valence-electron chi connectivity index (χ1n) is 8.28. The molecule has 132 valence electrons. The van der Waals surface area contributed by atoms with Crippen molar-refractivity contribution in [3.8, 4) is 11.8 Å². The third kappa shape index (κ3) is 7.20. The number of benzene rings is 2. The molecular weight excluding hydrogens is 555 g/mol. The van der Waals surface area contributed by atoms with E-state index in [4.69, 9.17) is 5.73 Å². The Bertz CT molecular complexity index is 747. The maximum Gasteiger partial charge on any atom is 0.0575 e. The molecule has 3 rings (SSSR count). The van der Waals surface area contributed by atoms with Crippen molar-refractivity contribution in [2.24, 2.45) is 5.92 Å².